The number of amides is 2. The largest absolute Gasteiger partial charge is 0.497 e. The molecule has 182 valence electrons. The highest BCUT2D eigenvalue weighted by Crippen LogP contribution is 2.34. The minimum atomic E-state index is -0.662. The molecule has 1 aliphatic rings. The monoisotopic (exact) mass is 476 g/mol. The lowest BCUT2D eigenvalue weighted by molar-refractivity contribution is -0.138. The zero-order chi connectivity index (χ0) is 24.9. The molecule has 0 saturated carbocycles. The second-order valence-electron chi connectivity index (χ2n) is 8.12. The number of nitrogens with one attached hydrogen (secondary N) is 1. The van der Waals surface area contributed by atoms with Crippen molar-refractivity contribution in [3.05, 3.63) is 77.4 Å². The summed E-state index contributed by atoms with van der Waals surface area (Å²) in [6.07, 6.45) is -0.662. The number of hydrogen-bond acceptors (Lipinski definition) is 6. The number of benzene rings is 3. The van der Waals surface area contributed by atoms with Gasteiger partial charge in [0.05, 0.1) is 21.3 Å². The first-order valence-electron chi connectivity index (χ1n) is 11.2. The molecule has 1 N–H and O–H groups in total. The molecule has 0 unspecified atom stereocenters. The van der Waals surface area contributed by atoms with Crippen LogP contribution in [0.1, 0.15) is 28.4 Å². The van der Waals surface area contributed by atoms with Gasteiger partial charge in [-0.2, -0.15) is 0 Å². The molecule has 0 aliphatic carbocycles. The fraction of sp³-hybridized carbons (Fsp3) is 0.259. The first-order chi connectivity index (χ1) is 16.9. The van der Waals surface area contributed by atoms with Crippen LogP contribution < -0.4 is 24.3 Å². The third kappa shape index (κ3) is 5.16. The molecule has 2 amide bonds. The number of carbonyl (C=O) groups excluding carboxylic acids is 2. The molecule has 3 aromatic rings. The van der Waals surface area contributed by atoms with Crippen LogP contribution in [0.2, 0.25) is 0 Å². The van der Waals surface area contributed by atoms with E-state index in [4.69, 9.17) is 18.9 Å². The first-order valence-corrected chi connectivity index (χ1v) is 11.2. The van der Waals surface area contributed by atoms with E-state index in [2.05, 4.69) is 5.32 Å². The summed E-state index contributed by atoms with van der Waals surface area (Å²) >= 11 is 0. The topological polar surface area (TPSA) is 86.3 Å². The first kappa shape index (κ1) is 23.9. The van der Waals surface area contributed by atoms with E-state index in [0.717, 1.165) is 11.1 Å². The normalized spacial score (nSPS) is 14.9. The number of para-hydroxylation sites is 1. The summed E-state index contributed by atoms with van der Waals surface area (Å²) in [5.74, 6) is 1.97. The SMILES string of the molecule is COc1cccc(C(=O)Nc2ccc3c(c2)CN(Cc2cccc(OC)c2OC)C(=O)[C@H](C)O3)c1. The van der Waals surface area contributed by atoms with Crippen LogP contribution in [0.25, 0.3) is 0 Å². The maximum absolute atomic E-state index is 13.1. The Kier molecular flexibility index (Phi) is 7.10. The Bertz CT molecular complexity index is 1240. The van der Waals surface area contributed by atoms with E-state index >= 15 is 0 Å². The molecule has 0 radical (unpaired) electrons. The number of ether oxygens (including phenoxy) is 4. The Morgan fingerprint density at radius 1 is 1.03 bits per heavy atom. The minimum Gasteiger partial charge on any atom is -0.497 e. The highest BCUT2D eigenvalue weighted by Gasteiger charge is 2.29. The summed E-state index contributed by atoms with van der Waals surface area (Å²) in [5.41, 5.74) is 2.68. The van der Waals surface area contributed by atoms with E-state index in [-0.39, 0.29) is 11.8 Å². The number of hydrogen-bond donors (Lipinski definition) is 1. The molecular formula is C27H28N2O6. The van der Waals surface area contributed by atoms with Gasteiger partial charge in [0, 0.05) is 35.5 Å². The van der Waals surface area contributed by atoms with Gasteiger partial charge in [0.25, 0.3) is 11.8 Å². The van der Waals surface area contributed by atoms with Crippen molar-refractivity contribution in [2.24, 2.45) is 0 Å². The highest BCUT2D eigenvalue weighted by atomic mass is 16.5. The fourth-order valence-electron chi connectivity index (χ4n) is 4.06. The molecule has 8 nitrogen and oxygen atoms in total. The summed E-state index contributed by atoms with van der Waals surface area (Å²) in [4.78, 5) is 27.6. The average Bonchev–Trinajstić information content (AvgIpc) is 2.99. The predicted octanol–water partition coefficient (Wildman–Crippen LogP) is 4.27. The van der Waals surface area contributed by atoms with Crippen LogP contribution >= 0.6 is 0 Å². The third-order valence-electron chi connectivity index (χ3n) is 5.82. The Morgan fingerprint density at radius 2 is 1.83 bits per heavy atom. The molecule has 0 bridgehead atoms. The van der Waals surface area contributed by atoms with Crippen LogP contribution in [0.4, 0.5) is 5.69 Å². The average molecular weight is 477 g/mol. The van der Waals surface area contributed by atoms with Gasteiger partial charge in [-0.1, -0.05) is 18.2 Å². The van der Waals surface area contributed by atoms with E-state index in [1.807, 2.05) is 24.3 Å². The Labute approximate surface area is 204 Å². The lowest BCUT2D eigenvalue weighted by atomic mass is 10.1. The van der Waals surface area contributed by atoms with Crippen LogP contribution in [0.3, 0.4) is 0 Å². The maximum atomic E-state index is 13.1. The van der Waals surface area contributed by atoms with Gasteiger partial charge in [0.2, 0.25) is 0 Å². The molecular weight excluding hydrogens is 448 g/mol. The van der Waals surface area contributed by atoms with E-state index in [9.17, 15) is 9.59 Å². The predicted molar refractivity (Wildman–Crippen MR) is 131 cm³/mol. The summed E-state index contributed by atoms with van der Waals surface area (Å²) in [6, 6.07) is 17.9. The number of nitrogens with zero attached hydrogens (tertiary/aromatic N) is 1. The molecule has 8 heteroatoms. The van der Waals surface area contributed by atoms with Crippen molar-refractivity contribution in [2.45, 2.75) is 26.1 Å². The standard InChI is InChI=1S/C27H28N2O6/c1-17-27(31)29(15-19-8-6-10-24(33-3)25(19)34-4)16-20-13-21(11-12-23(20)35-17)28-26(30)18-7-5-9-22(14-18)32-2/h5-14,17H,15-16H2,1-4H3,(H,28,30)/t17-/m0/s1. The molecule has 1 aliphatic heterocycles. The van der Waals surface area contributed by atoms with Gasteiger partial charge in [-0.25, -0.2) is 0 Å². The minimum absolute atomic E-state index is 0.145. The van der Waals surface area contributed by atoms with Crippen LogP contribution in [-0.2, 0) is 17.9 Å². The molecule has 3 aromatic carbocycles. The molecule has 0 spiro atoms. The van der Waals surface area contributed by atoms with Crippen LogP contribution in [0.5, 0.6) is 23.0 Å². The smallest absolute Gasteiger partial charge is 0.263 e. The molecule has 35 heavy (non-hydrogen) atoms. The van der Waals surface area contributed by atoms with E-state index in [1.165, 1.54) is 0 Å². The van der Waals surface area contributed by atoms with Gasteiger partial charge in [0.1, 0.15) is 11.5 Å². The Morgan fingerprint density at radius 3 is 2.57 bits per heavy atom. The van der Waals surface area contributed by atoms with Gasteiger partial charge in [-0.05, 0) is 49.4 Å². The quantitative estimate of drug-likeness (QED) is 0.548. The molecule has 0 aromatic heterocycles. The summed E-state index contributed by atoms with van der Waals surface area (Å²) in [6.45, 7) is 2.35. The zero-order valence-corrected chi connectivity index (χ0v) is 20.2. The highest BCUT2D eigenvalue weighted by molar-refractivity contribution is 6.04. The van der Waals surface area contributed by atoms with Gasteiger partial charge >= 0.3 is 0 Å². The van der Waals surface area contributed by atoms with Crippen molar-refractivity contribution in [3.63, 3.8) is 0 Å². The van der Waals surface area contributed by atoms with Crippen molar-refractivity contribution < 1.29 is 28.5 Å². The molecule has 1 atom stereocenters. The third-order valence-corrected chi connectivity index (χ3v) is 5.82. The van der Waals surface area contributed by atoms with Crippen molar-refractivity contribution in [1.29, 1.82) is 0 Å². The number of fused-ring (bicyclic) bond motifs is 1. The summed E-state index contributed by atoms with van der Waals surface area (Å²) in [5, 5.41) is 2.91. The van der Waals surface area contributed by atoms with Gasteiger partial charge < -0.3 is 29.2 Å². The Balaban J connectivity index is 1.59. The van der Waals surface area contributed by atoms with Gasteiger partial charge in [0.15, 0.2) is 17.6 Å². The van der Waals surface area contributed by atoms with Crippen molar-refractivity contribution in [3.8, 4) is 23.0 Å². The maximum Gasteiger partial charge on any atom is 0.263 e. The van der Waals surface area contributed by atoms with Gasteiger partial charge in [-0.15, -0.1) is 0 Å². The fourth-order valence-corrected chi connectivity index (χ4v) is 4.06. The van der Waals surface area contributed by atoms with Crippen LogP contribution in [0, 0.1) is 0 Å². The number of methoxy groups -OCH3 is 3. The van der Waals surface area contributed by atoms with E-state index in [0.29, 0.717) is 47.3 Å². The second kappa shape index (κ2) is 10.4. The Hall–Kier alpha value is -4.20. The van der Waals surface area contributed by atoms with Crippen LogP contribution in [0.15, 0.2) is 60.7 Å². The second-order valence-corrected chi connectivity index (χ2v) is 8.12. The molecule has 4 rings (SSSR count). The van der Waals surface area contributed by atoms with E-state index < -0.39 is 6.10 Å². The number of carbonyl (C=O) groups is 2. The van der Waals surface area contributed by atoms with Crippen molar-refractivity contribution >= 4 is 17.5 Å². The summed E-state index contributed by atoms with van der Waals surface area (Å²) in [7, 11) is 4.70. The zero-order valence-electron chi connectivity index (χ0n) is 20.2. The molecule has 0 fully saturated rings. The molecule has 0 saturated heterocycles. The van der Waals surface area contributed by atoms with Crippen molar-refractivity contribution in [2.75, 3.05) is 26.6 Å². The lowest BCUT2D eigenvalue weighted by Gasteiger charge is -2.24. The number of anilines is 1. The van der Waals surface area contributed by atoms with Gasteiger partial charge in [-0.3, -0.25) is 9.59 Å². The van der Waals surface area contributed by atoms with Crippen molar-refractivity contribution in [1.82, 2.24) is 4.90 Å². The molecule has 1 heterocycles. The van der Waals surface area contributed by atoms with E-state index in [1.54, 1.807) is 69.6 Å². The lowest BCUT2D eigenvalue weighted by Crippen LogP contribution is -2.37. The summed E-state index contributed by atoms with van der Waals surface area (Å²) < 4.78 is 22.1. The van der Waals surface area contributed by atoms with Crippen LogP contribution in [-0.4, -0.2) is 44.1 Å². The number of rotatable bonds is 7.